The highest BCUT2D eigenvalue weighted by Gasteiger charge is 2.11. The Morgan fingerprint density at radius 1 is 1.36 bits per heavy atom. The Kier molecular flexibility index (Phi) is 8.33. The average Bonchev–Trinajstić information content (AvgIpc) is 2.56. The first-order chi connectivity index (χ1) is 10.7. The standard InChI is InChI=1S/C16H22N2O4/c1-17-14(9-5-6-10-19)15(11-20)18-16(21)22-12-13-7-3-2-4-8-13/h3,7-8,10-11,17H,2,4-6,9,12H2,1H3,(H,18,21)/b15-14+. The van der Waals surface area contributed by atoms with Crippen molar-refractivity contribution in [1.82, 2.24) is 10.6 Å². The van der Waals surface area contributed by atoms with E-state index in [0.717, 1.165) is 24.7 Å². The van der Waals surface area contributed by atoms with Crippen LogP contribution < -0.4 is 10.6 Å². The number of carbonyl (C=O) groups is 3. The van der Waals surface area contributed by atoms with Gasteiger partial charge in [-0.15, -0.1) is 0 Å². The summed E-state index contributed by atoms with van der Waals surface area (Å²) in [6, 6.07) is 0. The lowest BCUT2D eigenvalue weighted by molar-refractivity contribution is -0.108. The lowest BCUT2D eigenvalue weighted by atomic mass is 10.1. The molecule has 1 rings (SSSR count). The maximum absolute atomic E-state index is 11.7. The van der Waals surface area contributed by atoms with Gasteiger partial charge in [0.1, 0.15) is 18.6 Å². The van der Waals surface area contributed by atoms with Crippen LogP contribution in [0.5, 0.6) is 0 Å². The van der Waals surface area contributed by atoms with Crippen molar-refractivity contribution in [2.75, 3.05) is 13.7 Å². The number of carbonyl (C=O) groups excluding carboxylic acids is 3. The first kappa shape index (κ1) is 17.7. The van der Waals surface area contributed by atoms with Crippen LogP contribution in [-0.2, 0) is 14.3 Å². The first-order valence-electron chi connectivity index (χ1n) is 7.30. The molecule has 0 aromatic heterocycles. The van der Waals surface area contributed by atoms with Crippen molar-refractivity contribution in [2.45, 2.75) is 32.1 Å². The molecule has 2 N–H and O–H groups in total. The van der Waals surface area contributed by atoms with Gasteiger partial charge in [-0.25, -0.2) is 4.79 Å². The molecule has 0 radical (unpaired) electrons. The predicted molar refractivity (Wildman–Crippen MR) is 83.0 cm³/mol. The van der Waals surface area contributed by atoms with Crippen LogP contribution >= 0.6 is 0 Å². The topological polar surface area (TPSA) is 84.5 Å². The van der Waals surface area contributed by atoms with Crippen molar-refractivity contribution in [3.63, 3.8) is 0 Å². The summed E-state index contributed by atoms with van der Waals surface area (Å²) >= 11 is 0. The highest BCUT2D eigenvalue weighted by Crippen LogP contribution is 2.10. The van der Waals surface area contributed by atoms with Crippen LogP contribution in [0.25, 0.3) is 0 Å². The van der Waals surface area contributed by atoms with Crippen LogP contribution in [-0.4, -0.2) is 32.3 Å². The minimum atomic E-state index is -0.676. The second-order valence-electron chi connectivity index (χ2n) is 4.78. The fraction of sp³-hybridized carbons (Fsp3) is 0.438. The summed E-state index contributed by atoms with van der Waals surface area (Å²) in [6.45, 7) is 0.175. The van der Waals surface area contributed by atoms with Crippen LogP contribution in [0, 0.1) is 0 Å². The summed E-state index contributed by atoms with van der Waals surface area (Å²) in [6.07, 6.45) is 10.1. The van der Waals surface area contributed by atoms with E-state index < -0.39 is 6.09 Å². The molecule has 1 aliphatic rings. The van der Waals surface area contributed by atoms with Gasteiger partial charge in [-0.3, -0.25) is 10.1 Å². The van der Waals surface area contributed by atoms with Crippen molar-refractivity contribution in [3.05, 3.63) is 35.2 Å². The normalized spacial score (nSPS) is 14.5. The second-order valence-corrected chi connectivity index (χ2v) is 4.78. The number of rotatable bonds is 9. The molecule has 1 amide bonds. The predicted octanol–water partition coefficient (Wildman–Crippen LogP) is 1.99. The highest BCUT2D eigenvalue weighted by atomic mass is 16.5. The number of unbranched alkanes of at least 4 members (excludes halogenated alkanes) is 1. The van der Waals surface area contributed by atoms with Gasteiger partial charge < -0.3 is 14.8 Å². The molecule has 1 aliphatic carbocycles. The van der Waals surface area contributed by atoms with Gasteiger partial charge in [-0.05, 0) is 31.3 Å². The molecule has 0 aliphatic heterocycles. The molecule has 0 spiro atoms. The number of allylic oxidation sites excluding steroid dienone is 4. The maximum atomic E-state index is 11.7. The largest absolute Gasteiger partial charge is 0.444 e. The monoisotopic (exact) mass is 306 g/mol. The zero-order valence-corrected chi connectivity index (χ0v) is 12.8. The quantitative estimate of drug-likeness (QED) is 0.386. The van der Waals surface area contributed by atoms with Crippen molar-refractivity contribution in [3.8, 4) is 0 Å². The van der Waals surface area contributed by atoms with Crippen molar-refractivity contribution < 1.29 is 19.1 Å². The Balaban J connectivity index is 2.53. The Morgan fingerprint density at radius 3 is 2.77 bits per heavy atom. The van der Waals surface area contributed by atoms with E-state index in [-0.39, 0.29) is 12.3 Å². The molecule has 0 bridgehead atoms. The molecule has 0 fully saturated rings. The van der Waals surface area contributed by atoms with Crippen molar-refractivity contribution >= 4 is 18.7 Å². The SMILES string of the molecule is CN/C(CCCC=O)=C(\C=O)NC(=O)OCC1=CCCC=C1. The second kappa shape index (κ2) is 10.4. The lowest BCUT2D eigenvalue weighted by Gasteiger charge is -2.13. The minimum absolute atomic E-state index is 0.131. The summed E-state index contributed by atoms with van der Waals surface area (Å²) in [5.74, 6) is 0. The van der Waals surface area contributed by atoms with E-state index in [1.54, 1.807) is 7.05 Å². The lowest BCUT2D eigenvalue weighted by Crippen LogP contribution is -2.28. The van der Waals surface area contributed by atoms with Gasteiger partial charge in [0, 0.05) is 19.2 Å². The third-order valence-corrected chi connectivity index (χ3v) is 3.17. The summed E-state index contributed by atoms with van der Waals surface area (Å²) in [5.41, 5.74) is 1.65. The molecule has 22 heavy (non-hydrogen) atoms. The van der Waals surface area contributed by atoms with E-state index in [0.29, 0.717) is 31.2 Å². The van der Waals surface area contributed by atoms with Crippen LogP contribution in [0.2, 0.25) is 0 Å². The summed E-state index contributed by atoms with van der Waals surface area (Å²) in [7, 11) is 1.66. The Morgan fingerprint density at radius 2 is 2.18 bits per heavy atom. The van der Waals surface area contributed by atoms with E-state index in [2.05, 4.69) is 10.6 Å². The van der Waals surface area contributed by atoms with Crippen molar-refractivity contribution in [2.24, 2.45) is 0 Å². The number of hydrogen-bond donors (Lipinski definition) is 2. The van der Waals surface area contributed by atoms with Crippen LogP contribution in [0.3, 0.4) is 0 Å². The molecular formula is C16H22N2O4. The maximum Gasteiger partial charge on any atom is 0.412 e. The van der Waals surface area contributed by atoms with Gasteiger partial charge in [0.25, 0.3) is 0 Å². The molecule has 0 atom stereocenters. The van der Waals surface area contributed by atoms with Crippen LogP contribution in [0.15, 0.2) is 35.2 Å². The fourth-order valence-corrected chi connectivity index (χ4v) is 2.00. The minimum Gasteiger partial charge on any atom is -0.444 e. The van der Waals surface area contributed by atoms with E-state index in [4.69, 9.17) is 4.74 Å². The summed E-state index contributed by atoms with van der Waals surface area (Å²) in [5, 5.41) is 5.29. The molecule has 120 valence electrons. The Hall–Kier alpha value is -2.37. The smallest absolute Gasteiger partial charge is 0.412 e. The first-order valence-corrected chi connectivity index (χ1v) is 7.30. The Labute approximate surface area is 130 Å². The molecule has 0 aromatic carbocycles. The van der Waals surface area contributed by atoms with Gasteiger partial charge in [0.15, 0.2) is 6.29 Å². The molecule has 0 heterocycles. The van der Waals surface area contributed by atoms with Gasteiger partial charge in [0.2, 0.25) is 0 Å². The number of alkyl carbamates (subject to hydrolysis) is 1. The average molecular weight is 306 g/mol. The van der Waals surface area contributed by atoms with E-state index in [9.17, 15) is 14.4 Å². The van der Waals surface area contributed by atoms with Crippen LogP contribution in [0.1, 0.15) is 32.1 Å². The number of aldehydes is 2. The molecule has 0 saturated heterocycles. The van der Waals surface area contributed by atoms with Gasteiger partial charge in [-0.1, -0.05) is 18.2 Å². The van der Waals surface area contributed by atoms with E-state index >= 15 is 0 Å². The van der Waals surface area contributed by atoms with E-state index in [1.165, 1.54) is 0 Å². The number of amides is 1. The molecule has 0 unspecified atom stereocenters. The van der Waals surface area contributed by atoms with E-state index in [1.807, 2.05) is 18.2 Å². The zero-order valence-electron chi connectivity index (χ0n) is 12.8. The van der Waals surface area contributed by atoms with Gasteiger partial charge in [-0.2, -0.15) is 0 Å². The highest BCUT2D eigenvalue weighted by molar-refractivity contribution is 5.82. The third kappa shape index (κ3) is 6.39. The molecule has 6 heteroatoms. The molecule has 0 aromatic rings. The van der Waals surface area contributed by atoms with Crippen molar-refractivity contribution in [1.29, 1.82) is 0 Å². The summed E-state index contributed by atoms with van der Waals surface area (Å²) in [4.78, 5) is 33.2. The molecule has 0 saturated carbocycles. The summed E-state index contributed by atoms with van der Waals surface area (Å²) < 4.78 is 5.09. The number of nitrogens with one attached hydrogen (secondary N) is 2. The van der Waals surface area contributed by atoms with Gasteiger partial charge >= 0.3 is 6.09 Å². The fourth-order valence-electron chi connectivity index (χ4n) is 2.00. The molecular weight excluding hydrogens is 284 g/mol. The number of ether oxygens (including phenoxy) is 1. The number of hydrogen-bond acceptors (Lipinski definition) is 5. The zero-order chi connectivity index (χ0) is 16.2. The Bertz CT molecular complexity index is 492. The molecule has 6 nitrogen and oxygen atoms in total. The van der Waals surface area contributed by atoms with Crippen LogP contribution in [0.4, 0.5) is 4.79 Å². The van der Waals surface area contributed by atoms with Gasteiger partial charge in [0.05, 0.1) is 0 Å². The third-order valence-electron chi connectivity index (χ3n) is 3.17.